The van der Waals surface area contributed by atoms with Gasteiger partial charge in [-0.25, -0.2) is 4.98 Å². The maximum atomic E-state index is 12.1. The average Bonchev–Trinajstić information content (AvgIpc) is 2.85. The van der Waals surface area contributed by atoms with Crippen molar-refractivity contribution in [2.24, 2.45) is 0 Å². The predicted octanol–water partition coefficient (Wildman–Crippen LogP) is 3.21. The van der Waals surface area contributed by atoms with E-state index in [0.29, 0.717) is 17.3 Å². The first-order chi connectivity index (χ1) is 9.10. The molecular formula is C14H15ClN2O2. The second-order valence-corrected chi connectivity index (χ2v) is 4.61. The van der Waals surface area contributed by atoms with Crippen molar-refractivity contribution in [2.45, 2.75) is 25.8 Å². The van der Waals surface area contributed by atoms with Gasteiger partial charge in [0, 0.05) is 11.4 Å². The Labute approximate surface area is 116 Å². The number of aromatic nitrogens is 1. The fraction of sp³-hybridized carbons (Fsp3) is 0.286. The average molecular weight is 279 g/mol. The number of nitrogens with zero attached hydrogens (tertiary/aromatic N) is 1. The van der Waals surface area contributed by atoms with Gasteiger partial charge < -0.3 is 9.73 Å². The first kappa shape index (κ1) is 13.6. The van der Waals surface area contributed by atoms with Gasteiger partial charge in [-0.15, -0.1) is 11.6 Å². The van der Waals surface area contributed by atoms with E-state index in [1.54, 1.807) is 18.3 Å². The van der Waals surface area contributed by atoms with Gasteiger partial charge in [0.2, 0.25) is 5.89 Å². The molecule has 0 bridgehead atoms. The van der Waals surface area contributed by atoms with Crippen molar-refractivity contribution < 1.29 is 9.21 Å². The first-order valence-electron chi connectivity index (χ1n) is 5.98. The molecule has 0 fully saturated rings. The molecule has 19 heavy (non-hydrogen) atoms. The third kappa shape index (κ3) is 3.35. The fourth-order valence-electron chi connectivity index (χ4n) is 1.71. The van der Waals surface area contributed by atoms with Crippen LogP contribution in [0.2, 0.25) is 0 Å². The monoisotopic (exact) mass is 278 g/mol. The standard InChI is InChI=1S/C14H15ClN2O2/c1-9-8-16-14(19-9)10(2)17-13(18)12-5-3-4-11(6-12)7-15/h3-6,8,10H,7H2,1-2H3,(H,17,18). The van der Waals surface area contributed by atoms with Crippen LogP contribution in [0.4, 0.5) is 0 Å². The number of rotatable bonds is 4. The van der Waals surface area contributed by atoms with Crippen molar-refractivity contribution >= 4 is 17.5 Å². The summed E-state index contributed by atoms with van der Waals surface area (Å²) in [5, 5.41) is 2.84. The van der Waals surface area contributed by atoms with Gasteiger partial charge in [-0.05, 0) is 31.5 Å². The Morgan fingerprint density at radius 1 is 1.53 bits per heavy atom. The molecule has 100 valence electrons. The van der Waals surface area contributed by atoms with Crippen molar-refractivity contribution in [1.82, 2.24) is 10.3 Å². The van der Waals surface area contributed by atoms with E-state index < -0.39 is 0 Å². The molecule has 5 heteroatoms. The SMILES string of the molecule is Cc1cnc(C(C)NC(=O)c2cccc(CCl)c2)o1. The van der Waals surface area contributed by atoms with Gasteiger partial charge in [0.05, 0.1) is 6.20 Å². The summed E-state index contributed by atoms with van der Waals surface area (Å²) in [6.45, 7) is 3.64. The Bertz CT molecular complexity index is 580. The number of nitrogens with one attached hydrogen (secondary N) is 1. The second-order valence-electron chi connectivity index (χ2n) is 4.34. The third-order valence-electron chi connectivity index (χ3n) is 2.70. The number of hydrogen-bond donors (Lipinski definition) is 1. The highest BCUT2D eigenvalue weighted by Crippen LogP contribution is 2.14. The van der Waals surface area contributed by atoms with E-state index in [9.17, 15) is 4.79 Å². The molecule has 1 N–H and O–H groups in total. The van der Waals surface area contributed by atoms with Crippen molar-refractivity contribution in [3.8, 4) is 0 Å². The zero-order valence-corrected chi connectivity index (χ0v) is 11.6. The topological polar surface area (TPSA) is 55.1 Å². The maximum absolute atomic E-state index is 12.1. The smallest absolute Gasteiger partial charge is 0.251 e. The number of carbonyl (C=O) groups is 1. The van der Waals surface area contributed by atoms with Gasteiger partial charge >= 0.3 is 0 Å². The van der Waals surface area contributed by atoms with Gasteiger partial charge in [0.15, 0.2) is 0 Å². The normalized spacial score (nSPS) is 12.2. The van der Waals surface area contributed by atoms with Gasteiger partial charge in [-0.3, -0.25) is 4.79 Å². The van der Waals surface area contributed by atoms with Crippen molar-refractivity contribution in [3.63, 3.8) is 0 Å². The number of amides is 1. The number of benzene rings is 1. The molecule has 0 radical (unpaired) electrons. The van der Waals surface area contributed by atoms with Crippen LogP contribution in [0, 0.1) is 6.92 Å². The molecule has 0 saturated heterocycles. The summed E-state index contributed by atoms with van der Waals surface area (Å²) in [4.78, 5) is 16.2. The van der Waals surface area contributed by atoms with Gasteiger partial charge in [-0.2, -0.15) is 0 Å². The number of hydrogen-bond acceptors (Lipinski definition) is 3. The Morgan fingerprint density at radius 3 is 2.95 bits per heavy atom. The predicted molar refractivity (Wildman–Crippen MR) is 73.1 cm³/mol. The Morgan fingerprint density at radius 2 is 2.32 bits per heavy atom. The van der Waals surface area contributed by atoms with Crippen LogP contribution >= 0.6 is 11.6 Å². The lowest BCUT2D eigenvalue weighted by atomic mass is 10.1. The molecule has 1 atom stereocenters. The summed E-state index contributed by atoms with van der Waals surface area (Å²) in [5.74, 6) is 1.44. The molecule has 0 aliphatic rings. The number of alkyl halides is 1. The summed E-state index contributed by atoms with van der Waals surface area (Å²) in [7, 11) is 0. The van der Waals surface area contributed by atoms with Crippen LogP contribution in [-0.2, 0) is 5.88 Å². The molecule has 1 amide bonds. The summed E-state index contributed by atoms with van der Waals surface area (Å²) in [6.07, 6.45) is 1.63. The number of aryl methyl sites for hydroxylation is 1. The number of oxazole rings is 1. The number of carbonyl (C=O) groups excluding carboxylic acids is 1. The molecule has 4 nitrogen and oxygen atoms in total. The molecule has 1 aromatic carbocycles. The lowest BCUT2D eigenvalue weighted by molar-refractivity contribution is 0.0934. The lowest BCUT2D eigenvalue weighted by Crippen LogP contribution is -2.26. The quantitative estimate of drug-likeness (QED) is 0.874. The molecule has 0 aliphatic carbocycles. The Kier molecular flexibility index (Phi) is 4.22. The van der Waals surface area contributed by atoms with Crippen LogP contribution in [0.1, 0.15) is 40.5 Å². The Hall–Kier alpha value is -1.81. The fourth-order valence-corrected chi connectivity index (χ4v) is 1.88. The molecule has 2 rings (SSSR count). The van der Waals surface area contributed by atoms with Gasteiger partial charge in [-0.1, -0.05) is 12.1 Å². The molecule has 2 aromatic rings. The highest BCUT2D eigenvalue weighted by Gasteiger charge is 2.15. The molecular weight excluding hydrogens is 264 g/mol. The Balaban J connectivity index is 2.08. The van der Waals surface area contributed by atoms with E-state index in [-0.39, 0.29) is 11.9 Å². The number of halogens is 1. The van der Waals surface area contributed by atoms with Crippen LogP contribution in [0.15, 0.2) is 34.9 Å². The minimum atomic E-state index is -0.277. The molecule has 1 unspecified atom stereocenters. The summed E-state index contributed by atoms with van der Waals surface area (Å²) >= 11 is 5.75. The van der Waals surface area contributed by atoms with E-state index >= 15 is 0 Å². The van der Waals surface area contributed by atoms with Crippen LogP contribution < -0.4 is 5.32 Å². The molecule has 1 heterocycles. The maximum Gasteiger partial charge on any atom is 0.251 e. The van der Waals surface area contributed by atoms with E-state index in [4.69, 9.17) is 16.0 Å². The van der Waals surface area contributed by atoms with Crippen molar-refractivity contribution in [2.75, 3.05) is 0 Å². The van der Waals surface area contributed by atoms with Crippen LogP contribution in [0.25, 0.3) is 0 Å². The first-order valence-corrected chi connectivity index (χ1v) is 6.51. The summed E-state index contributed by atoms with van der Waals surface area (Å²) in [5.41, 5.74) is 1.49. The van der Waals surface area contributed by atoms with Crippen LogP contribution in [-0.4, -0.2) is 10.9 Å². The molecule has 0 aliphatic heterocycles. The minimum Gasteiger partial charge on any atom is -0.444 e. The summed E-state index contributed by atoms with van der Waals surface area (Å²) in [6, 6.07) is 6.94. The molecule has 0 saturated carbocycles. The largest absolute Gasteiger partial charge is 0.444 e. The lowest BCUT2D eigenvalue weighted by Gasteiger charge is -2.10. The second kappa shape index (κ2) is 5.89. The third-order valence-corrected chi connectivity index (χ3v) is 3.01. The summed E-state index contributed by atoms with van der Waals surface area (Å²) < 4.78 is 5.38. The van der Waals surface area contributed by atoms with E-state index in [2.05, 4.69) is 10.3 Å². The minimum absolute atomic E-state index is 0.171. The van der Waals surface area contributed by atoms with Gasteiger partial charge in [0.1, 0.15) is 11.8 Å². The van der Waals surface area contributed by atoms with Crippen molar-refractivity contribution in [1.29, 1.82) is 0 Å². The molecule has 1 aromatic heterocycles. The van der Waals surface area contributed by atoms with Crippen LogP contribution in [0.5, 0.6) is 0 Å². The zero-order valence-electron chi connectivity index (χ0n) is 10.8. The van der Waals surface area contributed by atoms with Gasteiger partial charge in [0.25, 0.3) is 5.91 Å². The highest BCUT2D eigenvalue weighted by atomic mass is 35.5. The zero-order chi connectivity index (χ0) is 13.8. The van der Waals surface area contributed by atoms with E-state index in [1.165, 1.54) is 0 Å². The molecule has 0 spiro atoms. The van der Waals surface area contributed by atoms with Crippen LogP contribution in [0.3, 0.4) is 0 Å². The van der Waals surface area contributed by atoms with Crippen molar-refractivity contribution in [3.05, 3.63) is 53.2 Å². The van der Waals surface area contributed by atoms with E-state index in [0.717, 1.165) is 11.3 Å². The highest BCUT2D eigenvalue weighted by molar-refractivity contribution is 6.17. The van der Waals surface area contributed by atoms with E-state index in [1.807, 2.05) is 26.0 Å².